The van der Waals surface area contributed by atoms with Gasteiger partial charge in [0, 0.05) is 34.0 Å². The number of nitrogens with two attached hydrogens (primary N) is 3. The SMILES string of the molecule is Nc1ccc(Nc2ccc(Cc3ccc(-c4cc(N)ccc4N)cc3)cc2)cc1. The van der Waals surface area contributed by atoms with Crippen LogP contribution in [0.1, 0.15) is 11.1 Å². The molecule has 0 fully saturated rings. The highest BCUT2D eigenvalue weighted by molar-refractivity contribution is 5.79. The van der Waals surface area contributed by atoms with E-state index in [2.05, 4.69) is 53.8 Å². The predicted molar refractivity (Wildman–Crippen MR) is 124 cm³/mol. The fraction of sp³-hybridized carbons (Fsp3) is 0.0400. The third kappa shape index (κ3) is 4.50. The van der Waals surface area contributed by atoms with Gasteiger partial charge in [-0.1, -0.05) is 36.4 Å². The van der Waals surface area contributed by atoms with Crippen LogP contribution in [-0.2, 0) is 6.42 Å². The number of benzene rings is 4. The first-order valence-corrected chi connectivity index (χ1v) is 9.53. The van der Waals surface area contributed by atoms with Gasteiger partial charge in [-0.15, -0.1) is 0 Å². The lowest BCUT2D eigenvalue weighted by Gasteiger charge is -2.10. The Kier molecular flexibility index (Phi) is 5.08. The Morgan fingerprint density at radius 1 is 0.552 bits per heavy atom. The molecule has 4 aromatic rings. The molecule has 0 atom stereocenters. The van der Waals surface area contributed by atoms with Crippen LogP contribution in [0.5, 0.6) is 0 Å². The minimum absolute atomic E-state index is 0.714. The minimum atomic E-state index is 0.714. The van der Waals surface area contributed by atoms with Gasteiger partial charge in [0.25, 0.3) is 0 Å². The molecule has 0 aliphatic carbocycles. The molecule has 0 aliphatic rings. The van der Waals surface area contributed by atoms with E-state index in [0.29, 0.717) is 5.69 Å². The molecule has 0 unspecified atom stereocenters. The van der Waals surface area contributed by atoms with Gasteiger partial charge in [0.15, 0.2) is 0 Å². The quantitative estimate of drug-likeness (QED) is 0.347. The van der Waals surface area contributed by atoms with E-state index in [9.17, 15) is 0 Å². The van der Waals surface area contributed by atoms with Crippen LogP contribution in [0.25, 0.3) is 11.1 Å². The molecule has 0 amide bonds. The molecule has 0 bridgehead atoms. The van der Waals surface area contributed by atoms with Crippen molar-refractivity contribution in [2.45, 2.75) is 6.42 Å². The summed E-state index contributed by atoms with van der Waals surface area (Å²) in [7, 11) is 0. The number of anilines is 5. The van der Waals surface area contributed by atoms with Crippen molar-refractivity contribution < 1.29 is 0 Å². The fourth-order valence-electron chi connectivity index (χ4n) is 3.30. The number of nitrogen functional groups attached to an aromatic ring is 3. The molecule has 0 saturated carbocycles. The first-order chi connectivity index (χ1) is 14.1. The Hall–Kier alpha value is -3.92. The summed E-state index contributed by atoms with van der Waals surface area (Å²) in [5, 5.41) is 3.38. The van der Waals surface area contributed by atoms with Crippen LogP contribution >= 0.6 is 0 Å². The number of hydrogen-bond acceptors (Lipinski definition) is 4. The van der Waals surface area contributed by atoms with Gasteiger partial charge in [0.2, 0.25) is 0 Å². The summed E-state index contributed by atoms with van der Waals surface area (Å²) in [5.74, 6) is 0. The van der Waals surface area contributed by atoms with Gasteiger partial charge in [-0.3, -0.25) is 0 Å². The average molecular weight is 380 g/mol. The second kappa shape index (κ2) is 7.98. The highest BCUT2D eigenvalue weighted by atomic mass is 14.9. The van der Waals surface area contributed by atoms with E-state index in [4.69, 9.17) is 17.2 Å². The smallest absolute Gasteiger partial charge is 0.0395 e. The third-order valence-electron chi connectivity index (χ3n) is 4.90. The molecule has 0 heterocycles. The zero-order valence-corrected chi connectivity index (χ0v) is 16.1. The van der Waals surface area contributed by atoms with E-state index < -0.39 is 0 Å². The van der Waals surface area contributed by atoms with Crippen LogP contribution in [0.15, 0.2) is 91.0 Å². The molecule has 144 valence electrons. The molecule has 4 nitrogen and oxygen atoms in total. The lowest BCUT2D eigenvalue weighted by molar-refractivity contribution is 1.19. The van der Waals surface area contributed by atoms with Gasteiger partial charge < -0.3 is 22.5 Å². The lowest BCUT2D eigenvalue weighted by atomic mass is 9.99. The first kappa shape index (κ1) is 18.4. The number of nitrogens with one attached hydrogen (secondary N) is 1. The highest BCUT2D eigenvalue weighted by Crippen LogP contribution is 2.28. The van der Waals surface area contributed by atoms with Crippen molar-refractivity contribution in [3.8, 4) is 11.1 Å². The van der Waals surface area contributed by atoms with Gasteiger partial charge in [0.1, 0.15) is 0 Å². The topological polar surface area (TPSA) is 90.1 Å². The second-order valence-corrected chi connectivity index (χ2v) is 7.16. The van der Waals surface area contributed by atoms with Crippen LogP contribution < -0.4 is 22.5 Å². The van der Waals surface area contributed by atoms with Gasteiger partial charge >= 0.3 is 0 Å². The predicted octanol–water partition coefficient (Wildman–Crippen LogP) is 5.43. The molecule has 0 radical (unpaired) electrons. The fourth-order valence-corrected chi connectivity index (χ4v) is 3.30. The largest absolute Gasteiger partial charge is 0.399 e. The summed E-state index contributed by atoms with van der Waals surface area (Å²) in [6.07, 6.45) is 0.870. The summed E-state index contributed by atoms with van der Waals surface area (Å²) < 4.78 is 0. The minimum Gasteiger partial charge on any atom is -0.399 e. The van der Waals surface area contributed by atoms with E-state index in [1.54, 1.807) is 0 Å². The Balaban J connectivity index is 1.44. The third-order valence-corrected chi connectivity index (χ3v) is 4.90. The van der Waals surface area contributed by atoms with E-state index >= 15 is 0 Å². The normalized spacial score (nSPS) is 10.6. The Labute approximate surface area is 171 Å². The van der Waals surface area contributed by atoms with E-state index in [1.807, 2.05) is 42.5 Å². The van der Waals surface area contributed by atoms with Crippen LogP contribution in [0, 0.1) is 0 Å². The van der Waals surface area contributed by atoms with Crippen LogP contribution in [0.4, 0.5) is 28.4 Å². The molecular formula is C25H24N4. The summed E-state index contributed by atoms with van der Waals surface area (Å²) in [6.45, 7) is 0. The molecular weight excluding hydrogens is 356 g/mol. The molecule has 4 aromatic carbocycles. The molecule has 4 rings (SSSR count). The standard InChI is InChI=1S/C25H24N4/c26-20-7-12-23(13-8-20)29-22-10-3-18(4-11-22)15-17-1-5-19(6-2-17)24-16-21(27)9-14-25(24)28/h1-14,16,29H,15,26-28H2. The highest BCUT2D eigenvalue weighted by Gasteiger charge is 2.04. The number of hydrogen-bond donors (Lipinski definition) is 4. The maximum Gasteiger partial charge on any atom is 0.0395 e. The van der Waals surface area contributed by atoms with E-state index in [-0.39, 0.29) is 0 Å². The molecule has 0 spiro atoms. The number of rotatable bonds is 5. The van der Waals surface area contributed by atoms with Gasteiger partial charge in [-0.25, -0.2) is 0 Å². The summed E-state index contributed by atoms with van der Waals surface area (Å²) >= 11 is 0. The summed E-state index contributed by atoms with van der Waals surface area (Å²) in [4.78, 5) is 0. The Morgan fingerprint density at radius 3 is 1.69 bits per heavy atom. The van der Waals surface area contributed by atoms with Crippen LogP contribution in [0.3, 0.4) is 0 Å². The van der Waals surface area contributed by atoms with Gasteiger partial charge in [0.05, 0.1) is 0 Å². The summed E-state index contributed by atoms with van der Waals surface area (Å²) in [5.41, 5.74) is 26.5. The van der Waals surface area contributed by atoms with Crippen molar-refractivity contribution in [2.75, 3.05) is 22.5 Å². The van der Waals surface area contributed by atoms with Crippen molar-refractivity contribution in [2.24, 2.45) is 0 Å². The monoisotopic (exact) mass is 380 g/mol. The summed E-state index contributed by atoms with van der Waals surface area (Å²) in [6, 6.07) is 30.2. The van der Waals surface area contributed by atoms with Crippen molar-refractivity contribution >= 4 is 28.4 Å². The molecule has 0 aliphatic heterocycles. The molecule has 7 N–H and O–H groups in total. The van der Waals surface area contributed by atoms with Gasteiger partial charge in [-0.2, -0.15) is 0 Å². The Bertz CT molecular complexity index is 1100. The maximum atomic E-state index is 6.09. The van der Waals surface area contributed by atoms with Gasteiger partial charge in [-0.05, 0) is 77.7 Å². The molecule has 0 aromatic heterocycles. The van der Waals surface area contributed by atoms with Crippen molar-refractivity contribution in [1.29, 1.82) is 0 Å². The molecule has 4 heteroatoms. The average Bonchev–Trinajstić information content (AvgIpc) is 2.74. The van der Waals surface area contributed by atoms with Crippen LogP contribution in [0.2, 0.25) is 0 Å². The zero-order valence-electron chi connectivity index (χ0n) is 16.1. The van der Waals surface area contributed by atoms with E-state index in [0.717, 1.165) is 40.3 Å². The van der Waals surface area contributed by atoms with Crippen molar-refractivity contribution in [3.63, 3.8) is 0 Å². The first-order valence-electron chi connectivity index (χ1n) is 9.53. The van der Waals surface area contributed by atoms with Crippen molar-refractivity contribution in [1.82, 2.24) is 0 Å². The van der Waals surface area contributed by atoms with Crippen molar-refractivity contribution in [3.05, 3.63) is 102 Å². The lowest BCUT2D eigenvalue weighted by Crippen LogP contribution is -1.94. The van der Waals surface area contributed by atoms with Crippen LogP contribution in [-0.4, -0.2) is 0 Å². The molecule has 29 heavy (non-hydrogen) atoms. The molecule has 0 saturated heterocycles. The second-order valence-electron chi connectivity index (χ2n) is 7.16. The Morgan fingerprint density at radius 2 is 1.07 bits per heavy atom. The zero-order chi connectivity index (χ0) is 20.2. The maximum absolute atomic E-state index is 6.09. The van der Waals surface area contributed by atoms with E-state index in [1.165, 1.54) is 11.1 Å².